The molecule has 0 fully saturated rings. The van der Waals surface area contributed by atoms with Gasteiger partial charge in [-0.15, -0.1) is 0 Å². The van der Waals surface area contributed by atoms with Crippen LogP contribution in [0, 0.1) is 6.92 Å². The standard InChI is InChI=1S/C10H14N2O3/c1-6-3-8(15-2)4-7(12-6)5-9(11)10(13)14/h3-4,9H,5,11H2,1-2H3,(H,13,14)/t9-/m0/s1. The van der Waals surface area contributed by atoms with Crippen molar-refractivity contribution in [2.24, 2.45) is 5.73 Å². The summed E-state index contributed by atoms with van der Waals surface area (Å²) in [4.78, 5) is 14.7. The first-order chi connectivity index (χ1) is 7.02. The van der Waals surface area contributed by atoms with Crippen LogP contribution >= 0.6 is 0 Å². The molecule has 0 aliphatic rings. The highest BCUT2D eigenvalue weighted by atomic mass is 16.5. The maximum Gasteiger partial charge on any atom is 0.320 e. The average molecular weight is 210 g/mol. The Kier molecular flexibility index (Phi) is 3.62. The van der Waals surface area contributed by atoms with E-state index in [0.29, 0.717) is 11.4 Å². The molecule has 3 N–H and O–H groups in total. The lowest BCUT2D eigenvalue weighted by Gasteiger charge is -2.08. The summed E-state index contributed by atoms with van der Waals surface area (Å²) < 4.78 is 5.05. The number of hydrogen-bond donors (Lipinski definition) is 2. The molecule has 1 rings (SSSR count). The Labute approximate surface area is 87.9 Å². The van der Waals surface area contributed by atoms with Crippen molar-refractivity contribution in [3.05, 3.63) is 23.5 Å². The fourth-order valence-corrected chi connectivity index (χ4v) is 1.24. The van der Waals surface area contributed by atoms with Crippen molar-refractivity contribution in [1.29, 1.82) is 0 Å². The van der Waals surface area contributed by atoms with E-state index in [-0.39, 0.29) is 6.42 Å². The molecule has 0 unspecified atom stereocenters. The zero-order valence-electron chi connectivity index (χ0n) is 8.73. The normalized spacial score (nSPS) is 12.2. The van der Waals surface area contributed by atoms with E-state index in [2.05, 4.69) is 4.98 Å². The minimum Gasteiger partial charge on any atom is -0.497 e. The van der Waals surface area contributed by atoms with Crippen LogP contribution in [0.5, 0.6) is 5.75 Å². The predicted octanol–water partition coefficient (Wildman–Crippen LogP) is 0.353. The van der Waals surface area contributed by atoms with Crippen LogP contribution in [0.15, 0.2) is 12.1 Å². The molecule has 0 amide bonds. The summed E-state index contributed by atoms with van der Waals surface area (Å²) in [5.74, 6) is -0.368. The van der Waals surface area contributed by atoms with Gasteiger partial charge in [0.25, 0.3) is 0 Å². The number of carboxylic acids is 1. The molecular formula is C10H14N2O3. The molecule has 0 saturated heterocycles. The number of aryl methyl sites for hydroxylation is 1. The number of aliphatic carboxylic acids is 1. The van der Waals surface area contributed by atoms with Gasteiger partial charge in [-0.1, -0.05) is 0 Å². The number of rotatable bonds is 4. The monoisotopic (exact) mass is 210 g/mol. The average Bonchev–Trinajstić information content (AvgIpc) is 2.16. The van der Waals surface area contributed by atoms with Gasteiger partial charge in [-0.2, -0.15) is 0 Å². The van der Waals surface area contributed by atoms with Crippen LogP contribution in [0.1, 0.15) is 11.4 Å². The smallest absolute Gasteiger partial charge is 0.320 e. The molecule has 5 nitrogen and oxygen atoms in total. The second kappa shape index (κ2) is 4.75. The molecule has 82 valence electrons. The van der Waals surface area contributed by atoms with E-state index >= 15 is 0 Å². The number of hydrogen-bond acceptors (Lipinski definition) is 4. The van der Waals surface area contributed by atoms with Gasteiger partial charge < -0.3 is 15.6 Å². The highest BCUT2D eigenvalue weighted by Crippen LogP contribution is 2.14. The van der Waals surface area contributed by atoms with Gasteiger partial charge in [-0.25, -0.2) is 0 Å². The van der Waals surface area contributed by atoms with Crippen LogP contribution in [-0.2, 0) is 11.2 Å². The van der Waals surface area contributed by atoms with Gasteiger partial charge in [0.2, 0.25) is 0 Å². The van der Waals surface area contributed by atoms with E-state index in [4.69, 9.17) is 15.6 Å². The summed E-state index contributed by atoms with van der Waals surface area (Å²) >= 11 is 0. The van der Waals surface area contributed by atoms with Crippen LogP contribution in [-0.4, -0.2) is 29.2 Å². The molecule has 0 bridgehead atoms. The predicted molar refractivity (Wildman–Crippen MR) is 54.8 cm³/mol. The van der Waals surface area contributed by atoms with Crippen LogP contribution in [0.3, 0.4) is 0 Å². The summed E-state index contributed by atoms with van der Waals surface area (Å²) in [5, 5.41) is 8.66. The lowest BCUT2D eigenvalue weighted by Crippen LogP contribution is -2.32. The van der Waals surface area contributed by atoms with Crippen LogP contribution in [0.4, 0.5) is 0 Å². The maximum absolute atomic E-state index is 10.6. The molecule has 0 radical (unpaired) electrons. The topological polar surface area (TPSA) is 85.4 Å². The number of nitrogens with two attached hydrogens (primary N) is 1. The Morgan fingerprint density at radius 3 is 2.87 bits per heavy atom. The Bertz CT molecular complexity index is 366. The number of methoxy groups -OCH3 is 1. The van der Waals surface area contributed by atoms with Gasteiger partial charge in [-0.05, 0) is 6.92 Å². The minimum atomic E-state index is -1.03. The third kappa shape index (κ3) is 3.21. The van der Waals surface area contributed by atoms with Crippen molar-refractivity contribution >= 4 is 5.97 Å². The zero-order valence-corrected chi connectivity index (χ0v) is 8.73. The van der Waals surface area contributed by atoms with E-state index in [0.717, 1.165) is 5.69 Å². The Balaban J connectivity index is 2.85. The number of pyridine rings is 1. The van der Waals surface area contributed by atoms with Crippen molar-refractivity contribution in [3.8, 4) is 5.75 Å². The molecule has 0 aliphatic heterocycles. The third-order valence-corrected chi connectivity index (χ3v) is 1.96. The summed E-state index contributed by atoms with van der Waals surface area (Å²) in [7, 11) is 1.55. The first kappa shape index (κ1) is 11.5. The van der Waals surface area contributed by atoms with Crippen molar-refractivity contribution in [1.82, 2.24) is 4.98 Å². The van der Waals surface area contributed by atoms with Crippen LogP contribution in [0.25, 0.3) is 0 Å². The number of ether oxygens (including phenoxy) is 1. The molecule has 5 heteroatoms. The highest BCUT2D eigenvalue weighted by Gasteiger charge is 2.13. The van der Waals surface area contributed by atoms with E-state index in [1.807, 2.05) is 6.92 Å². The molecule has 0 saturated carbocycles. The highest BCUT2D eigenvalue weighted by molar-refractivity contribution is 5.73. The zero-order chi connectivity index (χ0) is 11.4. The number of carboxylic acid groups (broad SMARTS) is 1. The lowest BCUT2D eigenvalue weighted by molar-refractivity contribution is -0.138. The Morgan fingerprint density at radius 2 is 2.33 bits per heavy atom. The van der Waals surface area contributed by atoms with Gasteiger partial charge in [0.15, 0.2) is 0 Å². The molecule has 15 heavy (non-hydrogen) atoms. The molecule has 1 heterocycles. The first-order valence-corrected chi connectivity index (χ1v) is 4.53. The maximum atomic E-state index is 10.6. The number of carbonyl (C=O) groups is 1. The van der Waals surface area contributed by atoms with E-state index in [1.54, 1.807) is 19.2 Å². The van der Waals surface area contributed by atoms with Crippen LogP contribution < -0.4 is 10.5 Å². The quantitative estimate of drug-likeness (QED) is 0.749. The Hall–Kier alpha value is -1.62. The third-order valence-electron chi connectivity index (χ3n) is 1.96. The first-order valence-electron chi connectivity index (χ1n) is 4.53. The fraction of sp³-hybridized carbons (Fsp3) is 0.400. The van der Waals surface area contributed by atoms with Gasteiger partial charge >= 0.3 is 5.97 Å². The molecule has 0 aromatic carbocycles. The van der Waals surface area contributed by atoms with Gasteiger partial charge in [0.1, 0.15) is 11.8 Å². The number of aromatic nitrogens is 1. The molecule has 1 atom stereocenters. The number of nitrogens with zero attached hydrogens (tertiary/aromatic N) is 1. The van der Waals surface area contributed by atoms with Crippen molar-refractivity contribution in [3.63, 3.8) is 0 Å². The minimum absolute atomic E-state index is 0.202. The summed E-state index contributed by atoms with van der Waals surface area (Å²) in [6.07, 6.45) is 0.202. The van der Waals surface area contributed by atoms with Crippen molar-refractivity contribution < 1.29 is 14.6 Å². The fourth-order valence-electron chi connectivity index (χ4n) is 1.24. The molecule has 1 aromatic heterocycles. The Morgan fingerprint density at radius 1 is 1.67 bits per heavy atom. The van der Waals surface area contributed by atoms with E-state index in [9.17, 15) is 4.79 Å². The van der Waals surface area contributed by atoms with E-state index in [1.165, 1.54) is 0 Å². The van der Waals surface area contributed by atoms with Gasteiger partial charge in [-0.3, -0.25) is 9.78 Å². The summed E-state index contributed by atoms with van der Waals surface area (Å²) in [6, 6.07) is 2.54. The molecule has 0 aliphatic carbocycles. The van der Waals surface area contributed by atoms with Gasteiger partial charge in [0, 0.05) is 29.9 Å². The van der Waals surface area contributed by atoms with Crippen molar-refractivity contribution in [2.75, 3.05) is 7.11 Å². The molecular weight excluding hydrogens is 196 g/mol. The van der Waals surface area contributed by atoms with Crippen molar-refractivity contribution in [2.45, 2.75) is 19.4 Å². The van der Waals surface area contributed by atoms with Gasteiger partial charge in [0.05, 0.1) is 7.11 Å². The SMILES string of the molecule is COc1cc(C)nc(C[C@H](N)C(=O)O)c1. The second-order valence-electron chi connectivity index (χ2n) is 3.29. The van der Waals surface area contributed by atoms with E-state index < -0.39 is 12.0 Å². The summed E-state index contributed by atoms with van der Waals surface area (Å²) in [6.45, 7) is 1.82. The molecule has 1 aromatic rings. The summed E-state index contributed by atoms with van der Waals surface area (Å²) in [5.41, 5.74) is 6.82. The molecule has 0 spiro atoms. The lowest BCUT2D eigenvalue weighted by atomic mass is 10.1. The van der Waals surface area contributed by atoms with Crippen LogP contribution in [0.2, 0.25) is 0 Å². The second-order valence-corrected chi connectivity index (χ2v) is 3.29. The largest absolute Gasteiger partial charge is 0.497 e.